The van der Waals surface area contributed by atoms with Gasteiger partial charge in [0.2, 0.25) is 5.52 Å². The standard InChI is InChI=1S/C13H19O3P/c1-5-16-17(15,10(2)3)13(14)12-9-7-6-8-11(12)4/h6-10H,5H2,1-4H3. The molecule has 1 aromatic carbocycles. The van der Waals surface area contributed by atoms with Crippen molar-refractivity contribution >= 4 is 12.9 Å². The second-order valence-corrected chi connectivity index (χ2v) is 7.12. The fourth-order valence-electron chi connectivity index (χ4n) is 1.61. The molecule has 0 aliphatic rings. The van der Waals surface area contributed by atoms with Gasteiger partial charge in [-0.25, -0.2) is 0 Å². The lowest BCUT2D eigenvalue weighted by Crippen LogP contribution is -2.13. The molecule has 4 heteroatoms. The molecule has 94 valence electrons. The van der Waals surface area contributed by atoms with Crippen LogP contribution < -0.4 is 0 Å². The van der Waals surface area contributed by atoms with Crippen LogP contribution in [0.2, 0.25) is 0 Å². The first-order valence-corrected chi connectivity index (χ1v) is 7.47. The molecule has 0 saturated carbocycles. The Morgan fingerprint density at radius 3 is 2.41 bits per heavy atom. The van der Waals surface area contributed by atoms with E-state index >= 15 is 0 Å². The monoisotopic (exact) mass is 254 g/mol. The van der Waals surface area contributed by atoms with E-state index in [2.05, 4.69) is 0 Å². The van der Waals surface area contributed by atoms with E-state index in [9.17, 15) is 9.36 Å². The molecule has 0 radical (unpaired) electrons. The first kappa shape index (κ1) is 14.1. The Balaban J connectivity index is 3.19. The van der Waals surface area contributed by atoms with E-state index in [4.69, 9.17) is 4.52 Å². The molecule has 0 spiro atoms. The van der Waals surface area contributed by atoms with Gasteiger partial charge in [-0.1, -0.05) is 38.1 Å². The summed E-state index contributed by atoms with van der Waals surface area (Å²) in [4.78, 5) is 12.3. The highest BCUT2D eigenvalue weighted by atomic mass is 31.2. The molecule has 0 bridgehead atoms. The quantitative estimate of drug-likeness (QED) is 0.749. The lowest BCUT2D eigenvalue weighted by molar-refractivity contribution is 0.105. The Kier molecular flexibility index (Phi) is 4.67. The molecule has 1 aromatic rings. The number of hydrogen-bond donors (Lipinski definition) is 0. The highest BCUT2D eigenvalue weighted by Crippen LogP contribution is 2.54. The molecular weight excluding hydrogens is 235 g/mol. The summed E-state index contributed by atoms with van der Waals surface area (Å²) in [5.41, 5.74) is 0.665. The third-order valence-corrected chi connectivity index (χ3v) is 5.47. The zero-order chi connectivity index (χ0) is 13.1. The van der Waals surface area contributed by atoms with Crippen molar-refractivity contribution in [3.05, 3.63) is 35.4 Å². The highest BCUT2D eigenvalue weighted by molar-refractivity contribution is 7.77. The Hall–Kier alpha value is -0.920. The molecule has 0 N–H and O–H groups in total. The van der Waals surface area contributed by atoms with Gasteiger partial charge in [-0.2, -0.15) is 0 Å². The third kappa shape index (κ3) is 2.85. The molecule has 0 aliphatic carbocycles. The normalized spacial score (nSPS) is 14.6. The summed E-state index contributed by atoms with van der Waals surface area (Å²) in [6, 6.07) is 7.17. The zero-order valence-corrected chi connectivity index (χ0v) is 11.7. The van der Waals surface area contributed by atoms with E-state index in [1.807, 2.05) is 19.1 Å². The number of aryl methyl sites for hydroxylation is 1. The van der Waals surface area contributed by atoms with Crippen molar-refractivity contribution in [2.75, 3.05) is 6.61 Å². The molecule has 0 saturated heterocycles. The minimum atomic E-state index is -3.27. The predicted molar refractivity (Wildman–Crippen MR) is 69.9 cm³/mol. The van der Waals surface area contributed by atoms with Crippen LogP contribution in [0.4, 0.5) is 0 Å². The maximum atomic E-state index is 12.6. The van der Waals surface area contributed by atoms with Crippen molar-refractivity contribution in [3.8, 4) is 0 Å². The van der Waals surface area contributed by atoms with Gasteiger partial charge < -0.3 is 4.52 Å². The molecule has 0 amide bonds. The van der Waals surface area contributed by atoms with Gasteiger partial charge in [0.15, 0.2) is 0 Å². The molecule has 1 unspecified atom stereocenters. The van der Waals surface area contributed by atoms with Crippen LogP contribution in [0.1, 0.15) is 36.7 Å². The van der Waals surface area contributed by atoms with Gasteiger partial charge in [-0.05, 0) is 19.4 Å². The molecule has 1 rings (SSSR count). The minimum absolute atomic E-state index is 0.285. The second kappa shape index (κ2) is 5.61. The van der Waals surface area contributed by atoms with Crippen molar-refractivity contribution < 1.29 is 13.9 Å². The van der Waals surface area contributed by atoms with Crippen LogP contribution in [-0.4, -0.2) is 17.8 Å². The first-order chi connectivity index (χ1) is 7.93. The second-order valence-electron chi connectivity index (χ2n) is 4.23. The van der Waals surface area contributed by atoms with E-state index in [-0.39, 0.29) is 17.8 Å². The fraction of sp³-hybridized carbons (Fsp3) is 0.462. The smallest absolute Gasteiger partial charge is 0.274 e. The van der Waals surface area contributed by atoms with Crippen molar-refractivity contribution in [1.82, 2.24) is 0 Å². The highest BCUT2D eigenvalue weighted by Gasteiger charge is 2.37. The number of hydrogen-bond acceptors (Lipinski definition) is 3. The molecular formula is C13H19O3P. The van der Waals surface area contributed by atoms with E-state index < -0.39 is 7.37 Å². The van der Waals surface area contributed by atoms with Crippen molar-refractivity contribution in [2.45, 2.75) is 33.4 Å². The first-order valence-electron chi connectivity index (χ1n) is 5.78. The summed E-state index contributed by atoms with van der Waals surface area (Å²) in [6.07, 6.45) is 0. The van der Waals surface area contributed by atoms with Crippen molar-refractivity contribution in [2.24, 2.45) is 0 Å². The lowest BCUT2D eigenvalue weighted by atomic mass is 10.1. The Labute approximate surface area is 103 Å². The van der Waals surface area contributed by atoms with Gasteiger partial charge in [-0.15, -0.1) is 0 Å². The molecule has 0 fully saturated rings. The summed E-state index contributed by atoms with van der Waals surface area (Å²) in [5, 5.41) is 0. The van der Waals surface area contributed by atoms with Crippen LogP contribution in [0.5, 0.6) is 0 Å². The molecule has 3 nitrogen and oxygen atoms in total. The van der Waals surface area contributed by atoms with Crippen LogP contribution >= 0.6 is 7.37 Å². The fourth-order valence-corrected chi connectivity index (χ4v) is 3.47. The molecule has 1 atom stereocenters. The van der Waals surface area contributed by atoms with Gasteiger partial charge in [0.05, 0.1) is 6.61 Å². The van der Waals surface area contributed by atoms with Gasteiger partial charge in [0, 0.05) is 11.2 Å². The van der Waals surface area contributed by atoms with Crippen LogP contribution in [-0.2, 0) is 9.09 Å². The van der Waals surface area contributed by atoms with E-state index in [0.717, 1.165) is 5.56 Å². The summed E-state index contributed by atoms with van der Waals surface area (Å²) < 4.78 is 17.9. The van der Waals surface area contributed by atoms with Crippen LogP contribution in [0.25, 0.3) is 0 Å². The summed E-state index contributed by atoms with van der Waals surface area (Å²) in [7, 11) is -3.27. The Morgan fingerprint density at radius 2 is 1.94 bits per heavy atom. The zero-order valence-electron chi connectivity index (χ0n) is 10.8. The molecule has 0 aromatic heterocycles. The SMILES string of the molecule is CCOP(=O)(C(=O)c1ccccc1C)C(C)C. The number of benzene rings is 1. The maximum Gasteiger partial charge on any atom is 0.274 e. The average Bonchev–Trinajstić information content (AvgIpc) is 2.28. The van der Waals surface area contributed by atoms with E-state index in [1.54, 1.807) is 32.9 Å². The largest absolute Gasteiger partial charge is 0.323 e. The van der Waals surface area contributed by atoms with E-state index in [1.165, 1.54) is 0 Å². The van der Waals surface area contributed by atoms with Crippen molar-refractivity contribution in [3.63, 3.8) is 0 Å². The number of rotatable bonds is 5. The van der Waals surface area contributed by atoms with E-state index in [0.29, 0.717) is 5.56 Å². The van der Waals surface area contributed by atoms with Crippen LogP contribution in [0, 0.1) is 6.92 Å². The Bertz CT molecular complexity index is 452. The van der Waals surface area contributed by atoms with Gasteiger partial charge in [0.1, 0.15) is 0 Å². The summed E-state index contributed by atoms with van der Waals surface area (Å²) in [6.45, 7) is 7.39. The predicted octanol–water partition coefficient (Wildman–Crippen LogP) is 3.86. The molecule has 17 heavy (non-hydrogen) atoms. The lowest BCUT2D eigenvalue weighted by Gasteiger charge is -2.20. The number of carbonyl (C=O) groups excluding carboxylic acids is 1. The molecule has 0 heterocycles. The minimum Gasteiger partial charge on any atom is -0.323 e. The van der Waals surface area contributed by atoms with Gasteiger partial charge in [0.25, 0.3) is 7.37 Å². The Morgan fingerprint density at radius 1 is 1.35 bits per heavy atom. The van der Waals surface area contributed by atoms with Crippen molar-refractivity contribution in [1.29, 1.82) is 0 Å². The van der Waals surface area contributed by atoms with Crippen LogP contribution in [0.15, 0.2) is 24.3 Å². The molecule has 0 aliphatic heterocycles. The third-order valence-electron chi connectivity index (χ3n) is 2.66. The van der Waals surface area contributed by atoms with Gasteiger partial charge >= 0.3 is 0 Å². The maximum absolute atomic E-state index is 12.6. The summed E-state index contributed by atoms with van der Waals surface area (Å²) in [5.74, 6) is 0. The number of carbonyl (C=O) groups is 1. The topological polar surface area (TPSA) is 43.4 Å². The van der Waals surface area contributed by atoms with Crippen LogP contribution in [0.3, 0.4) is 0 Å². The summed E-state index contributed by atoms with van der Waals surface area (Å²) >= 11 is 0. The van der Waals surface area contributed by atoms with Gasteiger partial charge in [-0.3, -0.25) is 9.36 Å². The average molecular weight is 254 g/mol.